The summed E-state index contributed by atoms with van der Waals surface area (Å²) in [5.74, 6) is 0. The van der Waals surface area contributed by atoms with Crippen molar-refractivity contribution in [2.75, 3.05) is 0 Å². The lowest BCUT2D eigenvalue weighted by atomic mass is 10.1. The number of allylic oxidation sites excluding steroid dienone is 4. The molecule has 0 saturated carbocycles. The van der Waals surface area contributed by atoms with E-state index in [1.54, 1.807) is 0 Å². The summed E-state index contributed by atoms with van der Waals surface area (Å²) in [5.41, 5.74) is 0. The lowest BCUT2D eigenvalue weighted by molar-refractivity contribution is 0.617. The summed E-state index contributed by atoms with van der Waals surface area (Å²) in [4.78, 5) is 0. The molecule has 0 atom stereocenters. The first-order valence-corrected chi connectivity index (χ1v) is 5.15. The van der Waals surface area contributed by atoms with E-state index >= 15 is 0 Å². The van der Waals surface area contributed by atoms with Gasteiger partial charge in [0.2, 0.25) is 0 Å². The van der Waals surface area contributed by atoms with Crippen LogP contribution in [0.3, 0.4) is 0 Å². The zero-order valence-electron chi connectivity index (χ0n) is 7.84. The molecule has 1 aliphatic carbocycles. The Morgan fingerprint density at radius 2 is 1.33 bits per heavy atom. The maximum Gasteiger partial charge on any atom is -0.0167 e. The minimum Gasteiger partial charge on any atom is -0.0845 e. The zero-order valence-corrected chi connectivity index (χ0v) is 7.84. The average Bonchev–Trinajstić information content (AvgIpc) is 2.05. The van der Waals surface area contributed by atoms with Crippen LogP contribution in [-0.4, -0.2) is 0 Å². The molecule has 0 heterocycles. The first-order valence-electron chi connectivity index (χ1n) is 5.15. The Bertz CT molecular complexity index is 124. The fourth-order valence-corrected chi connectivity index (χ4v) is 1.47. The monoisotopic (exact) mass is 163 g/mol. The van der Waals surface area contributed by atoms with Crippen molar-refractivity contribution in [2.24, 2.45) is 0 Å². The molecule has 0 nitrogen and oxygen atoms in total. The molecule has 0 N–H and O–H groups in total. The van der Waals surface area contributed by atoms with E-state index in [1.165, 1.54) is 44.9 Å². The Hall–Kier alpha value is -0.520. The van der Waals surface area contributed by atoms with Gasteiger partial charge >= 0.3 is 0 Å². The third-order valence-corrected chi connectivity index (χ3v) is 2.24. The highest BCUT2D eigenvalue weighted by Gasteiger charge is 1.90. The normalized spacial score (nSPS) is 26.7. The van der Waals surface area contributed by atoms with Crippen molar-refractivity contribution in [3.63, 3.8) is 0 Å². The molecule has 1 radical (unpaired) electrons. The highest BCUT2D eigenvalue weighted by atomic mass is 14.0. The second-order valence-electron chi connectivity index (χ2n) is 3.39. The summed E-state index contributed by atoms with van der Waals surface area (Å²) in [6, 6.07) is 0. The Morgan fingerprint density at radius 1 is 0.583 bits per heavy atom. The van der Waals surface area contributed by atoms with Gasteiger partial charge in [0.05, 0.1) is 0 Å². The summed E-state index contributed by atoms with van der Waals surface area (Å²) >= 11 is 0. The van der Waals surface area contributed by atoms with Crippen LogP contribution in [0.25, 0.3) is 0 Å². The molecule has 0 aliphatic heterocycles. The molecule has 0 spiro atoms. The van der Waals surface area contributed by atoms with Crippen molar-refractivity contribution in [3.05, 3.63) is 30.7 Å². The van der Waals surface area contributed by atoms with Crippen LogP contribution in [0.15, 0.2) is 24.3 Å². The second kappa shape index (κ2) is 7.15. The van der Waals surface area contributed by atoms with E-state index in [4.69, 9.17) is 0 Å². The summed E-state index contributed by atoms with van der Waals surface area (Å²) in [7, 11) is 0. The Labute approximate surface area is 76.4 Å². The summed E-state index contributed by atoms with van der Waals surface area (Å²) in [6.07, 6.45) is 20.5. The second-order valence-corrected chi connectivity index (χ2v) is 3.39. The van der Waals surface area contributed by atoms with Gasteiger partial charge in [-0.25, -0.2) is 0 Å². The van der Waals surface area contributed by atoms with Crippen LogP contribution in [0.2, 0.25) is 0 Å². The van der Waals surface area contributed by atoms with Gasteiger partial charge in [-0.3, -0.25) is 0 Å². The number of hydrogen-bond donors (Lipinski definition) is 0. The van der Waals surface area contributed by atoms with E-state index < -0.39 is 0 Å². The van der Waals surface area contributed by atoms with Crippen molar-refractivity contribution in [1.29, 1.82) is 0 Å². The van der Waals surface area contributed by atoms with Crippen LogP contribution in [0, 0.1) is 6.42 Å². The molecule has 12 heavy (non-hydrogen) atoms. The van der Waals surface area contributed by atoms with Crippen LogP contribution in [0.4, 0.5) is 0 Å². The van der Waals surface area contributed by atoms with Gasteiger partial charge in [-0.05, 0) is 25.7 Å². The Balaban J connectivity index is 2.21. The Kier molecular flexibility index (Phi) is 5.70. The molecule has 0 aromatic rings. The molecule has 1 rings (SSSR count). The number of hydrogen-bond acceptors (Lipinski definition) is 0. The highest BCUT2D eigenvalue weighted by molar-refractivity contribution is 5.07. The van der Waals surface area contributed by atoms with Crippen LogP contribution in [0.5, 0.6) is 0 Å². The summed E-state index contributed by atoms with van der Waals surface area (Å²) < 4.78 is 0. The van der Waals surface area contributed by atoms with Crippen molar-refractivity contribution in [2.45, 2.75) is 44.9 Å². The fraction of sp³-hybridized carbons (Fsp3) is 0.583. The predicted molar refractivity (Wildman–Crippen MR) is 54.9 cm³/mol. The van der Waals surface area contributed by atoms with Crippen LogP contribution >= 0.6 is 0 Å². The summed E-state index contributed by atoms with van der Waals surface area (Å²) in [6.45, 7) is 0. The molecule has 0 saturated heterocycles. The van der Waals surface area contributed by atoms with Crippen molar-refractivity contribution >= 4 is 0 Å². The third-order valence-electron chi connectivity index (χ3n) is 2.24. The quantitative estimate of drug-likeness (QED) is 0.505. The number of rotatable bonds is 0. The topological polar surface area (TPSA) is 0 Å². The standard InChI is InChI=1S/C12H19/c1-2-4-6-8-10-12-11-9-7-5-3-1/h1-5H,6-12H2/b2-1+,5-3-. The molecule has 67 valence electrons. The Morgan fingerprint density at radius 3 is 2.25 bits per heavy atom. The van der Waals surface area contributed by atoms with E-state index in [2.05, 4.69) is 30.7 Å². The van der Waals surface area contributed by atoms with Gasteiger partial charge in [-0.1, -0.05) is 50.0 Å². The van der Waals surface area contributed by atoms with Gasteiger partial charge in [-0.2, -0.15) is 0 Å². The van der Waals surface area contributed by atoms with E-state index in [0.29, 0.717) is 0 Å². The van der Waals surface area contributed by atoms with Crippen LogP contribution in [-0.2, 0) is 0 Å². The lowest BCUT2D eigenvalue weighted by Crippen LogP contribution is -1.80. The first-order chi connectivity index (χ1) is 6.00. The average molecular weight is 163 g/mol. The van der Waals surface area contributed by atoms with Gasteiger partial charge in [-0.15, -0.1) is 0 Å². The van der Waals surface area contributed by atoms with Gasteiger partial charge < -0.3 is 0 Å². The van der Waals surface area contributed by atoms with Gasteiger partial charge in [0.1, 0.15) is 0 Å². The van der Waals surface area contributed by atoms with Gasteiger partial charge in [0.15, 0.2) is 0 Å². The van der Waals surface area contributed by atoms with Crippen LogP contribution < -0.4 is 0 Å². The SMILES string of the molecule is [CH]1/C=C/C=C\CCCCCCC1. The minimum atomic E-state index is 1.25. The first kappa shape index (κ1) is 9.57. The molecule has 0 unspecified atom stereocenters. The molecule has 1 aliphatic rings. The summed E-state index contributed by atoms with van der Waals surface area (Å²) in [5, 5.41) is 0. The molecule has 0 aromatic heterocycles. The van der Waals surface area contributed by atoms with E-state index in [-0.39, 0.29) is 0 Å². The largest absolute Gasteiger partial charge is 0.0845 e. The van der Waals surface area contributed by atoms with Gasteiger partial charge in [0.25, 0.3) is 0 Å². The molecular formula is C12H19. The van der Waals surface area contributed by atoms with Gasteiger partial charge in [0, 0.05) is 0 Å². The molecule has 0 bridgehead atoms. The predicted octanol–water partition coefficient (Wildman–Crippen LogP) is 4.05. The van der Waals surface area contributed by atoms with E-state index in [1.807, 2.05) is 0 Å². The molecule has 0 fully saturated rings. The van der Waals surface area contributed by atoms with E-state index in [0.717, 1.165) is 0 Å². The fourth-order valence-electron chi connectivity index (χ4n) is 1.47. The minimum absolute atomic E-state index is 1.25. The zero-order chi connectivity index (χ0) is 8.49. The molecule has 0 aromatic carbocycles. The van der Waals surface area contributed by atoms with Crippen molar-refractivity contribution in [1.82, 2.24) is 0 Å². The molecule has 0 heteroatoms. The maximum atomic E-state index is 2.27. The lowest BCUT2D eigenvalue weighted by Gasteiger charge is -1.99. The highest BCUT2D eigenvalue weighted by Crippen LogP contribution is 2.09. The smallest absolute Gasteiger partial charge is 0.0167 e. The maximum absolute atomic E-state index is 2.27. The van der Waals surface area contributed by atoms with Crippen molar-refractivity contribution in [3.8, 4) is 0 Å². The molecule has 0 amide bonds. The third kappa shape index (κ3) is 5.17. The van der Waals surface area contributed by atoms with Crippen molar-refractivity contribution < 1.29 is 0 Å². The molecular weight excluding hydrogens is 144 g/mol. The van der Waals surface area contributed by atoms with Crippen LogP contribution in [0.1, 0.15) is 44.9 Å². The van der Waals surface area contributed by atoms with E-state index in [9.17, 15) is 0 Å².